The third-order valence-corrected chi connectivity index (χ3v) is 6.46. The van der Waals surface area contributed by atoms with Gasteiger partial charge in [-0.1, -0.05) is 29.8 Å². The van der Waals surface area contributed by atoms with Crippen LogP contribution >= 0.6 is 0 Å². The Hall–Kier alpha value is -3.32. The maximum Gasteiger partial charge on any atom is 0.265 e. The molecule has 3 aromatic carbocycles. The first-order valence-corrected chi connectivity index (χ1v) is 11.8. The summed E-state index contributed by atoms with van der Waals surface area (Å²) in [5.41, 5.74) is 4.91. The molecule has 0 saturated heterocycles. The number of amides is 1. The van der Waals surface area contributed by atoms with E-state index in [9.17, 15) is 13.2 Å². The SMILES string of the molecule is Cc1ccc(NS(=O)(=O)c2ccc(NC(=O)C(C)Oc3cc(C)ccc3C)cc2)c(C)c1. The third-order valence-electron chi connectivity index (χ3n) is 5.08. The lowest BCUT2D eigenvalue weighted by Crippen LogP contribution is -2.30. The monoisotopic (exact) mass is 452 g/mol. The maximum atomic E-state index is 12.7. The predicted octanol–water partition coefficient (Wildman–Crippen LogP) is 5.13. The molecule has 6 nitrogen and oxygen atoms in total. The summed E-state index contributed by atoms with van der Waals surface area (Å²) >= 11 is 0. The average molecular weight is 453 g/mol. The number of benzene rings is 3. The number of sulfonamides is 1. The lowest BCUT2D eigenvalue weighted by molar-refractivity contribution is -0.122. The average Bonchev–Trinajstić information content (AvgIpc) is 2.73. The van der Waals surface area contributed by atoms with Crippen LogP contribution in [0.15, 0.2) is 65.6 Å². The number of carbonyl (C=O) groups is 1. The van der Waals surface area contributed by atoms with Crippen LogP contribution in [0.2, 0.25) is 0 Å². The fraction of sp³-hybridized carbons (Fsp3) is 0.240. The second-order valence-corrected chi connectivity index (χ2v) is 9.65. The van der Waals surface area contributed by atoms with Gasteiger partial charge in [0.1, 0.15) is 5.75 Å². The standard InChI is InChI=1S/C25H28N2O4S/c1-16-7-13-23(19(4)14-16)27-32(29,30)22-11-9-21(10-12-22)26-25(28)20(5)31-24-15-17(2)6-8-18(24)3/h6-15,20,27H,1-5H3,(H,26,28). The van der Waals surface area contributed by atoms with Gasteiger partial charge in [0.15, 0.2) is 6.10 Å². The molecule has 0 heterocycles. The van der Waals surface area contributed by atoms with Crippen molar-refractivity contribution in [3.05, 3.63) is 82.9 Å². The fourth-order valence-electron chi connectivity index (χ4n) is 3.17. The van der Waals surface area contributed by atoms with Gasteiger partial charge < -0.3 is 10.1 Å². The van der Waals surface area contributed by atoms with Gasteiger partial charge in [-0.2, -0.15) is 0 Å². The summed E-state index contributed by atoms with van der Waals surface area (Å²) < 4.78 is 33.9. The molecule has 0 radical (unpaired) electrons. The highest BCUT2D eigenvalue weighted by Crippen LogP contribution is 2.23. The fourth-order valence-corrected chi connectivity index (χ4v) is 4.30. The summed E-state index contributed by atoms with van der Waals surface area (Å²) in [7, 11) is -3.75. The molecule has 0 aliphatic carbocycles. The molecule has 7 heteroatoms. The molecule has 32 heavy (non-hydrogen) atoms. The second-order valence-electron chi connectivity index (χ2n) is 7.97. The molecule has 1 atom stereocenters. The normalized spacial score (nSPS) is 12.2. The van der Waals surface area contributed by atoms with E-state index in [0.717, 1.165) is 22.3 Å². The Labute approximate surface area is 189 Å². The third kappa shape index (κ3) is 5.68. The van der Waals surface area contributed by atoms with E-state index in [4.69, 9.17) is 4.74 Å². The van der Waals surface area contributed by atoms with Crippen LogP contribution in [-0.2, 0) is 14.8 Å². The highest BCUT2D eigenvalue weighted by molar-refractivity contribution is 7.92. The van der Waals surface area contributed by atoms with Crippen molar-refractivity contribution in [1.29, 1.82) is 0 Å². The highest BCUT2D eigenvalue weighted by Gasteiger charge is 2.18. The van der Waals surface area contributed by atoms with Crippen LogP contribution in [-0.4, -0.2) is 20.4 Å². The Bertz CT molecular complexity index is 1240. The van der Waals surface area contributed by atoms with Gasteiger partial charge in [0, 0.05) is 5.69 Å². The summed E-state index contributed by atoms with van der Waals surface area (Å²) in [5.74, 6) is 0.335. The predicted molar refractivity (Wildman–Crippen MR) is 128 cm³/mol. The lowest BCUT2D eigenvalue weighted by atomic mass is 10.1. The van der Waals surface area contributed by atoms with Crippen molar-refractivity contribution in [3.8, 4) is 5.75 Å². The number of aryl methyl sites for hydroxylation is 4. The molecule has 0 fully saturated rings. The molecule has 0 bridgehead atoms. The molecule has 1 unspecified atom stereocenters. The molecule has 0 aliphatic rings. The number of ether oxygens (including phenoxy) is 1. The van der Waals surface area contributed by atoms with E-state index in [2.05, 4.69) is 10.0 Å². The number of nitrogens with one attached hydrogen (secondary N) is 2. The smallest absolute Gasteiger partial charge is 0.265 e. The number of anilines is 2. The van der Waals surface area contributed by atoms with Crippen LogP contribution in [0.1, 0.15) is 29.2 Å². The van der Waals surface area contributed by atoms with Crippen molar-refractivity contribution >= 4 is 27.3 Å². The Balaban J connectivity index is 1.67. The molecule has 1 amide bonds. The molecule has 3 rings (SSSR count). The van der Waals surface area contributed by atoms with Crippen LogP contribution in [0.25, 0.3) is 0 Å². The molecule has 0 aromatic heterocycles. The van der Waals surface area contributed by atoms with Crippen molar-refractivity contribution < 1.29 is 17.9 Å². The summed E-state index contributed by atoms with van der Waals surface area (Å²) in [4.78, 5) is 12.6. The lowest BCUT2D eigenvalue weighted by Gasteiger charge is -2.17. The number of hydrogen-bond donors (Lipinski definition) is 2. The quantitative estimate of drug-likeness (QED) is 0.521. The van der Waals surface area contributed by atoms with Gasteiger partial charge in [-0.3, -0.25) is 9.52 Å². The molecule has 0 aliphatic heterocycles. The summed E-state index contributed by atoms with van der Waals surface area (Å²) in [5, 5.41) is 2.76. The van der Waals surface area contributed by atoms with Crippen molar-refractivity contribution in [1.82, 2.24) is 0 Å². The van der Waals surface area contributed by atoms with Crippen LogP contribution < -0.4 is 14.8 Å². The van der Waals surface area contributed by atoms with Gasteiger partial charge in [0.05, 0.1) is 10.6 Å². The summed E-state index contributed by atoms with van der Waals surface area (Å²) in [6.07, 6.45) is -0.718. The summed E-state index contributed by atoms with van der Waals surface area (Å²) in [6.45, 7) is 9.35. The molecule has 0 spiro atoms. The van der Waals surface area contributed by atoms with Gasteiger partial charge >= 0.3 is 0 Å². The molecular formula is C25H28N2O4S. The van der Waals surface area contributed by atoms with Gasteiger partial charge in [0.2, 0.25) is 0 Å². The van der Waals surface area contributed by atoms with Crippen molar-refractivity contribution in [2.75, 3.05) is 10.0 Å². The van der Waals surface area contributed by atoms with Gasteiger partial charge in [0.25, 0.3) is 15.9 Å². The topological polar surface area (TPSA) is 84.5 Å². The summed E-state index contributed by atoms with van der Waals surface area (Å²) in [6, 6.07) is 17.4. The zero-order chi connectivity index (χ0) is 23.5. The first-order chi connectivity index (χ1) is 15.0. The van der Waals surface area contributed by atoms with Crippen LogP contribution in [0.5, 0.6) is 5.75 Å². The molecule has 0 saturated carbocycles. The first kappa shape index (κ1) is 23.3. The Morgan fingerprint density at radius 2 is 1.47 bits per heavy atom. The van der Waals surface area contributed by atoms with E-state index in [-0.39, 0.29) is 10.8 Å². The number of carbonyl (C=O) groups excluding carboxylic acids is 1. The Kier molecular flexibility index (Phi) is 6.89. The van der Waals surface area contributed by atoms with E-state index in [1.54, 1.807) is 25.1 Å². The van der Waals surface area contributed by atoms with E-state index < -0.39 is 16.1 Å². The Morgan fingerprint density at radius 1 is 0.844 bits per heavy atom. The van der Waals surface area contributed by atoms with E-state index in [0.29, 0.717) is 17.1 Å². The molecule has 2 N–H and O–H groups in total. The minimum absolute atomic E-state index is 0.107. The van der Waals surface area contributed by atoms with Crippen LogP contribution in [0, 0.1) is 27.7 Å². The Morgan fingerprint density at radius 3 is 2.12 bits per heavy atom. The van der Waals surface area contributed by atoms with Gasteiger partial charge in [-0.15, -0.1) is 0 Å². The zero-order valence-corrected chi connectivity index (χ0v) is 19.7. The number of hydrogen-bond acceptors (Lipinski definition) is 4. The van der Waals surface area contributed by atoms with E-state index in [1.807, 2.05) is 58.0 Å². The largest absolute Gasteiger partial charge is 0.481 e. The molecular weight excluding hydrogens is 424 g/mol. The zero-order valence-electron chi connectivity index (χ0n) is 18.9. The van der Waals surface area contributed by atoms with Crippen molar-refractivity contribution in [2.24, 2.45) is 0 Å². The van der Waals surface area contributed by atoms with E-state index >= 15 is 0 Å². The van der Waals surface area contributed by atoms with Crippen LogP contribution in [0.4, 0.5) is 11.4 Å². The van der Waals surface area contributed by atoms with Crippen molar-refractivity contribution in [2.45, 2.75) is 45.6 Å². The van der Waals surface area contributed by atoms with Gasteiger partial charge in [-0.25, -0.2) is 8.42 Å². The molecule has 168 valence electrons. The maximum absolute atomic E-state index is 12.7. The van der Waals surface area contributed by atoms with E-state index in [1.165, 1.54) is 12.1 Å². The van der Waals surface area contributed by atoms with Crippen LogP contribution in [0.3, 0.4) is 0 Å². The van der Waals surface area contributed by atoms with Crippen molar-refractivity contribution in [3.63, 3.8) is 0 Å². The number of rotatable bonds is 7. The highest BCUT2D eigenvalue weighted by atomic mass is 32.2. The molecule has 3 aromatic rings. The minimum Gasteiger partial charge on any atom is -0.481 e. The van der Waals surface area contributed by atoms with Gasteiger partial charge in [-0.05, 0) is 87.7 Å². The second kappa shape index (κ2) is 9.44. The first-order valence-electron chi connectivity index (χ1n) is 10.3. The minimum atomic E-state index is -3.75.